The van der Waals surface area contributed by atoms with E-state index in [4.69, 9.17) is 21.6 Å². The van der Waals surface area contributed by atoms with Crippen molar-refractivity contribution in [3.8, 4) is 0 Å². The highest BCUT2D eigenvalue weighted by Crippen LogP contribution is 2.44. The van der Waals surface area contributed by atoms with Gasteiger partial charge in [0.05, 0.1) is 17.4 Å². The van der Waals surface area contributed by atoms with Crippen LogP contribution in [0.3, 0.4) is 0 Å². The van der Waals surface area contributed by atoms with Crippen molar-refractivity contribution in [2.24, 2.45) is 5.92 Å². The second kappa shape index (κ2) is 10.1. The first kappa shape index (κ1) is 26.1. The smallest absolute Gasteiger partial charge is 0.246 e. The highest BCUT2D eigenvalue weighted by Gasteiger charge is 2.37. The lowest BCUT2D eigenvalue weighted by Gasteiger charge is -2.44. The Balaban J connectivity index is 1.38. The van der Waals surface area contributed by atoms with Crippen LogP contribution in [0.2, 0.25) is 5.02 Å². The van der Waals surface area contributed by atoms with Gasteiger partial charge in [-0.1, -0.05) is 25.1 Å². The molecule has 1 aliphatic carbocycles. The van der Waals surface area contributed by atoms with Crippen LogP contribution >= 0.6 is 11.6 Å². The summed E-state index contributed by atoms with van der Waals surface area (Å²) in [5.74, 6) is 2.51. The fraction of sp³-hybridized carbons (Fsp3) is 0.517. The van der Waals surface area contributed by atoms with E-state index in [-0.39, 0.29) is 11.8 Å². The van der Waals surface area contributed by atoms with Crippen molar-refractivity contribution in [2.45, 2.75) is 38.6 Å². The molecule has 39 heavy (non-hydrogen) atoms. The minimum atomic E-state index is -0.00530. The van der Waals surface area contributed by atoms with Crippen LogP contribution in [-0.2, 0) is 17.6 Å². The number of aromatic nitrogens is 4. The number of H-pyrrole nitrogens is 1. The Morgan fingerprint density at radius 3 is 2.59 bits per heavy atom. The van der Waals surface area contributed by atoms with Gasteiger partial charge < -0.3 is 19.6 Å². The molecule has 2 saturated heterocycles. The Morgan fingerprint density at radius 2 is 1.90 bits per heavy atom. The molecule has 0 radical (unpaired) electrons. The molecule has 10 heteroatoms. The van der Waals surface area contributed by atoms with Gasteiger partial charge in [0.25, 0.3) is 0 Å². The number of benzene rings is 1. The largest absolute Gasteiger partial charge is 0.353 e. The van der Waals surface area contributed by atoms with E-state index in [9.17, 15) is 4.79 Å². The van der Waals surface area contributed by atoms with Crippen molar-refractivity contribution in [3.05, 3.63) is 52.3 Å². The molecule has 2 aromatic heterocycles. The first-order valence-corrected chi connectivity index (χ1v) is 14.2. The molecule has 0 unspecified atom stereocenters. The predicted octanol–water partition coefficient (Wildman–Crippen LogP) is 3.42. The van der Waals surface area contributed by atoms with Crippen LogP contribution in [0.1, 0.15) is 35.2 Å². The van der Waals surface area contributed by atoms with E-state index in [2.05, 4.69) is 59.4 Å². The molecular formula is C29H37ClN8O. The van der Waals surface area contributed by atoms with Crippen LogP contribution in [0.25, 0.3) is 10.9 Å². The molecule has 1 N–H and O–H groups in total. The topological polar surface area (TPSA) is 84.5 Å². The minimum Gasteiger partial charge on any atom is -0.353 e. The minimum absolute atomic E-state index is 0.00530. The van der Waals surface area contributed by atoms with E-state index < -0.39 is 0 Å². The molecule has 3 aromatic rings. The van der Waals surface area contributed by atoms with Crippen LogP contribution in [-0.4, -0.2) is 95.3 Å². The summed E-state index contributed by atoms with van der Waals surface area (Å²) in [4.78, 5) is 31.4. The van der Waals surface area contributed by atoms with Gasteiger partial charge in [0.1, 0.15) is 5.82 Å². The van der Waals surface area contributed by atoms with Gasteiger partial charge in [-0.05, 0) is 69.0 Å². The molecule has 0 spiro atoms. The summed E-state index contributed by atoms with van der Waals surface area (Å²) >= 11 is 6.70. The van der Waals surface area contributed by atoms with Crippen LogP contribution in [0, 0.1) is 12.8 Å². The summed E-state index contributed by atoms with van der Waals surface area (Å²) in [6.07, 6.45) is 5.06. The van der Waals surface area contributed by atoms with E-state index >= 15 is 0 Å². The predicted molar refractivity (Wildman–Crippen MR) is 156 cm³/mol. The summed E-state index contributed by atoms with van der Waals surface area (Å²) in [7, 11) is 4.25. The van der Waals surface area contributed by atoms with Crippen LogP contribution in [0.5, 0.6) is 0 Å². The van der Waals surface area contributed by atoms with Crippen molar-refractivity contribution in [1.29, 1.82) is 0 Å². The Kier molecular flexibility index (Phi) is 6.75. The lowest BCUT2D eigenvalue weighted by molar-refractivity contribution is -0.126. The zero-order valence-electron chi connectivity index (χ0n) is 23.2. The quantitative estimate of drug-likeness (QED) is 0.489. The normalized spacial score (nSPS) is 21.8. The third kappa shape index (κ3) is 4.55. The highest BCUT2D eigenvalue weighted by atomic mass is 35.5. The monoisotopic (exact) mass is 548 g/mol. The zero-order valence-corrected chi connectivity index (χ0v) is 24.0. The first-order valence-electron chi connectivity index (χ1n) is 13.8. The zero-order chi connectivity index (χ0) is 27.4. The molecule has 2 atom stereocenters. The first-order chi connectivity index (χ1) is 18.7. The number of carbonyl (C=O) groups excluding carboxylic acids is 1. The van der Waals surface area contributed by atoms with Crippen molar-refractivity contribution in [3.63, 3.8) is 0 Å². The van der Waals surface area contributed by atoms with E-state index in [1.165, 1.54) is 17.2 Å². The number of hydrogen-bond acceptors (Lipinski definition) is 7. The molecule has 1 aromatic carbocycles. The maximum Gasteiger partial charge on any atom is 0.246 e. The molecule has 3 aliphatic rings. The van der Waals surface area contributed by atoms with Crippen LogP contribution in [0.15, 0.2) is 24.9 Å². The molecule has 0 saturated carbocycles. The number of piperazine rings is 1. The number of anilines is 2. The van der Waals surface area contributed by atoms with Gasteiger partial charge in [-0.15, -0.1) is 0 Å². The second-order valence-electron chi connectivity index (χ2n) is 11.5. The summed E-state index contributed by atoms with van der Waals surface area (Å²) in [5, 5.41) is 9.35. The summed E-state index contributed by atoms with van der Waals surface area (Å²) in [6.45, 7) is 12.8. The fourth-order valence-corrected chi connectivity index (χ4v) is 6.63. The number of likely N-dealkylation sites (N-methyl/N-ethyl adjacent to an activating group) is 1. The number of aromatic amines is 1. The average Bonchev–Trinajstić information content (AvgIpc) is 3.35. The fourth-order valence-electron chi connectivity index (χ4n) is 6.42. The Morgan fingerprint density at radius 1 is 1.15 bits per heavy atom. The third-order valence-corrected chi connectivity index (χ3v) is 9.38. The van der Waals surface area contributed by atoms with Crippen molar-refractivity contribution >= 4 is 40.2 Å². The van der Waals surface area contributed by atoms with Crippen molar-refractivity contribution in [1.82, 2.24) is 30.0 Å². The lowest BCUT2D eigenvalue weighted by Crippen LogP contribution is -2.58. The van der Waals surface area contributed by atoms with E-state index in [1.54, 1.807) is 0 Å². The molecule has 206 valence electrons. The van der Waals surface area contributed by atoms with E-state index in [1.807, 2.05) is 17.2 Å². The number of amides is 1. The number of fused-ring (bicyclic) bond motifs is 2. The molecule has 2 aliphatic heterocycles. The number of halogens is 1. The maximum atomic E-state index is 12.2. The van der Waals surface area contributed by atoms with Gasteiger partial charge in [0.15, 0.2) is 0 Å². The van der Waals surface area contributed by atoms with Crippen LogP contribution < -0.4 is 9.80 Å². The van der Waals surface area contributed by atoms with E-state index in [0.29, 0.717) is 25.0 Å². The van der Waals surface area contributed by atoms with Gasteiger partial charge in [0, 0.05) is 61.3 Å². The highest BCUT2D eigenvalue weighted by molar-refractivity contribution is 6.32. The number of rotatable bonds is 5. The molecule has 0 bridgehead atoms. The SMILES string of the molecule is C=CC(=O)N1CCN(c2nc(N3CC(N(C)C)C3)nc3c2C[C@@H](C)[C@H](c2c(C)c(Cl)cc4[nH]ncc24)C3)CC1. The molecule has 2 fully saturated rings. The van der Waals surface area contributed by atoms with Gasteiger partial charge in [0.2, 0.25) is 11.9 Å². The summed E-state index contributed by atoms with van der Waals surface area (Å²) in [5.41, 5.74) is 5.76. The van der Waals surface area contributed by atoms with Gasteiger partial charge in [-0.2, -0.15) is 10.1 Å². The average molecular weight is 549 g/mol. The summed E-state index contributed by atoms with van der Waals surface area (Å²) in [6, 6.07) is 2.49. The molecule has 6 rings (SSSR count). The Labute approximate surface area is 234 Å². The van der Waals surface area contributed by atoms with Gasteiger partial charge in [-0.25, -0.2) is 4.98 Å². The molecule has 9 nitrogen and oxygen atoms in total. The second-order valence-corrected chi connectivity index (χ2v) is 11.9. The number of carbonyl (C=O) groups is 1. The molecule has 1 amide bonds. The van der Waals surface area contributed by atoms with Crippen molar-refractivity contribution in [2.75, 3.05) is 63.2 Å². The lowest BCUT2D eigenvalue weighted by atomic mass is 9.73. The van der Waals surface area contributed by atoms with Gasteiger partial charge >= 0.3 is 0 Å². The number of nitrogens with one attached hydrogen (secondary N) is 1. The van der Waals surface area contributed by atoms with Gasteiger partial charge in [-0.3, -0.25) is 9.89 Å². The third-order valence-electron chi connectivity index (χ3n) is 8.99. The summed E-state index contributed by atoms with van der Waals surface area (Å²) < 4.78 is 0. The Hall–Kier alpha value is -3.17. The number of hydrogen-bond donors (Lipinski definition) is 1. The van der Waals surface area contributed by atoms with E-state index in [0.717, 1.165) is 78.0 Å². The maximum absolute atomic E-state index is 12.2. The molecular weight excluding hydrogens is 512 g/mol. The standard InChI is InChI=1S/C29H37ClN8O/c1-6-26(39)36-7-9-37(10-8-36)28-21-11-17(2)20(27-18(3)23(30)13-25-22(27)14-31-34-25)12-24(21)32-29(33-28)38-15-19(16-38)35(4)5/h6,13-14,17,19-20H,1,7-12,15-16H2,2-5H3,(H,31,34)/t17-,20-/m1/s1. The molecule has 4 heterocycles. The number of nitrogens with zero attached hydrogens (tertiary/aromatic N) is 7. The van der Waals surface area contributed by atoms with Crippen molar-refractivity contribution < 1.29 is 4.79 Å². The van der Waals surface area contributed by atoms with Crippen LogP contribution in [0.4, 0.5) is 11.8 Å². The Bertz CT molecular complexity index is 1420.